The molecule has 94 valence electrons. The third kappa shape index (κ3) is 1.54. The second kappa shape index (κ2) is 3.99. The number of aromatic nitrogens is 3. The molecule has 8 nitrogen and oxygen atoms in total. The van der Waals surface area contributed by atoms with Crippen LogP contribution in [-0.2, 0) is 6.54 Å². The van der Waals surface area contributed by atoms with Crippen molar-refractivity contribution in [1.82, 2.24) is 14.5 Å². The highest BCUT2D eigenvalue weighted by molar-refractivity contribution is 5.91. The Morgan fingerprint density at radius 1 is 1.39 bits per heavy atom. The summed E-state index contributed by atoms with van der Waals surface area (Å²) in [5.41, 5.74) is -3.01. The van der Waals surface area contributed by atoms with Crippen molar-refractivity contribution in [2.45, 2.75) is 13.5 Å². The summed E-state index contributed by atoms with van der Waals surface area (Å²) in [4.78, 5) is 50.2. The number of hydrogen-bond donors (Lipinski definition) is 3. The van der Waals surface area contributed by atoms with Gasteiger partial charge >= 0.3 is 11.7 Å². The zero-order valence-electron chi connectivity index (χ0n) is 9.31. The highest BCUT2D eigenvalue weighted by atomic mass is 16.4. The summed E-state index contributed by atoms with van der Waals surface area (Å²) in [5, 5.41) is 8.43. The zero-order chi connectivity index (χ0) is 13.4. The van der Waals surface area contributed by atoms with E-state index >= 15 is 0 Å². The molecule has 2 aromatic rings. The van der Waals surface area contributed by atoms with E-state index in [0.29, 0.717) is 0 Å². The van der Waals surface area contributed by atoms with Crippen LogP contribution in [0.5, 0.6) is 0 Å². The average molecular weight is 251 g/mol. The van der Waals surface area contributed by atoms with Crippen molar-refractivity contribution >= 4 is 17.0 Å². The predicted octanol–water partition coefficient (Wildman–Crippen LogP) is -0.904. The van der Waals surface area contributed by atoms with Crippen LogP contribution < -0.4 is 16.7 Å². The fourth-order valence-corrected chi connectivity index (χ4v) is 1.73. The maximum atomic E-state index is 11.8. The molecule has 0 saturated heterocycles. The summed E-state index contributed by atoms with van der Waals surface area (Å²) >= 11 is 0. The van der Waals surface area contributed by atoms with Crippen molar-refractivity contribution < 1.29 is 9.90 Å². The van der Waals surface area contributed by atoms with E-state index < -0.39 is 28.2 Å². The van der Waals surface area contributed by atoms with Crippen LogP contribution in [0.4, 0.5) is 0 Å². The lowest BCUT2D eigenvalue weighted by molar-refractivity contribution is 0.0695. The van der Waals surface area contributed by atoms with Crippen molar-refractivity contribution in [2.75, 3.05) is 0 Å². The van der Waals surface area contributed by atoms with Crippen LogP contribution >= 0.6 is 0 Å². The molecule has 3 N–H and O–H groups in total. The van der Waals surface area contributed by atoms with Gasteiger partial charge in [-0.3, -0.25) is 19.1 Å². The standard InChI is InChI=1S/C10H9N3O5/c1-2-13-7-5(8(15)12-10(13)18)6(14)4(3-11-7)9(16)17/h3H,2H2,1H3,(H,11,14)(H,16,17)(H,12,15,18). The molecule has 0 aliphatic rings. The van der Waals surface area contributed by atoms with Gasteiger partial charge < -0.3 is 10.1 Å². The highest BCUT2D eigenvalue weighted by Gasteiger charge is 2.16. The van der Waals surface area contributed by atoms with E-state index in [-0.39, 0.29) is 17.6 Å². The maximum absolute atomic E-state index is 11.8. The first-order chi connectivity index (χ1) is 8.47. The van der Waals surface area contributed by atoms with Crippen LogP contribution in [0.1, 0.15) is 17.3 Å². The van der Waals surface area contributed by atoms with Gasteiger partial charge in [-0.1, -0.05) is 0 Å². The molecule has 2 rings (SSSR count). The average Bonchev–Trinajstić information content (AvgIpc) is 2.28. The number of hydrogen-bond acceptors (Lipinski definition) is 4. The van der Waals surface area contributed by atoms with Gasteiger partial charge in [0.25, 0.3) is 5.56 Å². The number of carbonyl (C=O) groups is 1. The lowest BCUT2D eigenvalue weighted by atomic mass is 10.2. The normalized spacial score (nSPS) is 10.7. The van der Waals surface area contributed by atoms with E-state index in [0.717, 1.165) is 10.8 Å². The molecule has 18 heavy (non-hydrogen) atoms. The van der Waals surface area contributed by atoms with E-state index in [4.69, 9.17) is 5.11 Å². The van der Waals surface area contributed by atoms with Crippen LogP contribution in [0.15, 0.2) is 20.6 Å². The molecular formula is C10H9N3O5. The van der Waals surface area contributed by atoms with E-state index in [1.165, 1.54) is 0 Å². The number of aryl methyl sites for hydroxylation is 1. The van der Waals surface area contributed by atoms with E-state index in [9.17, 15) is 19.2 Å². The Labute approximate surface area is 98.5 Å². The number of carboxylic acids is 1. The Morgan fingerprint density at radius 2 is 2.06 bits per heavy atom. The fraction of sp³-hybridized carbons (Fsp3) is 0.200. The minimum Gasteiger partial charge on any atom is -0.477 e. The number of aromatic amines is 2. The minimum atomic E-state index is -1.44. The summed E-state index contributed by atoms with van der Waals surface area (Å²) in [7, 11) is 0. The van der Waals surface area contributed by atoms with Gasteiger partial charge in [-0.05, 0) is 6.92 Å². The first-order valence-corrected chi connectivity index (χ1v) is 5.09. The van der Waals surface area contributed by atoms with Crippen molar-refractivity contribution in [2.24, 2.45) is 0 Å². The molecule has 2 heterocycles. The van der Waals surface area contributed by atoms with E-state index in [2.05, 4.69) is 4.98 Å². The number of pyridine rings is 1. The Bertz CT molecular complexity index is 811. The quantitative estimate of drug-likeness (QED) is 0.637. The number of carboxylic acid groups (broad SMARTS) is 1. The summed E-state index contributed by atoms with van der Waals surface area (Å²) in [5.74, 6) is -1.44. The third-order valence-electron chi connectivity index (χ3n) is 2.57. The highest BCUT2D eigenvalue weighted by Crippen LogP contribution is 2.01. The van der Waals surface area contributed by atoms with Crippen LogP contribution in [0.2, 0.25) is 0 Å². The predicted molar refractivity (Wildman–Crippen MR) is 62.1 cm³/mol. The lowest BCUT2D eigenvalue weighted by Gasteiger charge is -2.06. The summed E-state index contributed by atoms with van der Waals surface area (Å²) in [6, 6.07) is 0. The summed E-state index contributed by atoms with van der Waals surface area (Å²) in [6.45, 7) is 1.89. The molecule has 0 aliphatic carbocycles. The van der Waals surface area contributed by atoms with Gasteiger partial charge in [-0.15, -0.1) is 0 Å². The molecule has 0 aliphatic heterocycles. The second-order valence-electron chi connectivity index (χ2n) is 3.56. The molecule has 0 spiro atoms. The zero-order valence-corrected chi connectivity index (χ0v) is 9.31. The Hall–Kier alpha value is -2.64. The van der Waals surface area contributed by atoms with Crippen LogP contribution in [0.3, 0.4) is 0 Å². The van der Waals surface area contributed by atoms with Crippen molar-refractivity contribution in [1.29, 1.82) is 0 Å². The van der Waals surface area contributed by atoms with Gasteiger partial charge in [0.05, 0.1) is 0 Å². The number of fused-ring (bicyclic) bond motifs is 1. The second-order valence-corrected chi connectivity index (χ2v) is 3.56. The first kappa shape index (κ1) is 11.8. The molecule has 0 radical (unpaired) electrons. The van der Waals surface area contributed by atoms with Gasteiger partial charge in [-0.2, -0.15) is 0 Å². The first-order valence-electron chi connectivity index (χ1n) is 5.09. The Kier molecular flexibility index (Phi) is 2.62. The largest absolute Gasteiger partial charge is 0.477 e. The molecule has 0 amide bonds. The molecule has 0 atom stereocenters. The van der Waals surface area contributed by atoms with E-state index in [1.54, 1.807) is 6.92 Å². The van der Waals surface area contributed by atoms with Gasteiger partial charge in [0.15, 0.2) is 0 Å². The molecule has 0 saturated carbocycles. The number of H-pyrrole nitrogens is 2. The SMILES string of the molecule is CCn1c(=O)[nH]c(=O)c2c(=O)c(C(=O)O)c[nH]c21. The van der Waals surface area contributed by atoms with Gasteiger partial charge in [0.1, 0.15) is 16.6 Å². The summed E-state index contributed by atoms with van der Waals surface area (Å²) < 4.78 is 1.14. The number of aromatic carboxylic acids is 1. The molecule has 0 fully saturated rings. The van der Waals surface area contributed by atoms with Crippen LogP contribution in [0.25, 0.3) is 11.0 Å². The molecule has 0 bridgehead atoms. The number of rotatable bonds is 2. The number of nitrogens with zero attached hydrogens (tertiary/aromatic N) is 1. The topological polar surface area (TPSA) is 125 Å². The van der Waals surface area contributed by atoms with Crippen molar-refractivity contribution in [3.63, 3.8) is 0 Å². The molecular weight excluding hydrogens is 242 g/mol. The van der Waals surface area contributed by atoms with Crippen LogP contribution in [-0.4, -0.2) is 25.6 Å². The Balaban J connectivity index is 3.10. The molecule has 8 heteroatoms. The molecule has 0 aromatic carbocycles. The molecule has 2 aromatic heterocycles. The van der Waals surface area contributed by atoms with E-state index in [1.807, 2.05) is 4.98 Å². The Morgan fingerprint density at radius 3 is 2.61 bits per heavy atom. The fourth-order valence-electron chi connectivity index (χ4n) is 1.73. The third-order valence-corrected chi connectivity index (χ3v) is 2.57. The summed E-state index contributed by atoms with van der Waals surface area (Å²) in [6.07, 6.45) is 0.970. The lowest BCUT2D eigenvalue weighted by Crippen LogP contribution is -2.34. The molecule has 0 unspecified atom stereocenters. The monoisotopic (exact) mass is 251 g/mol. The van der Waals surface area contributed by atoms with Gasteiger partial charge in [0.2, 0.25) is 5.43 Å². The van der Waals surface area contributed by atoms with Gasteiger partial charge in [-0.25, -0.2) is 9.59 Å². The van der Waals surface area contributed by atoms with Crippen LogP contribution in [0, 0.1) is 0 Å². The van der Waals surface area contributed by atoms with Crippen molar-refractivity contribution in [3.05, 3.63) is 42.8 Å². The van der Waals surface area contributed by atoms with Crippen molar-refractivity contribution in [3.8, 4) is 0 Å². The maximum Gasteiger partial charge on any atom is 0.341 e. The van der Waals surface area contributed by atoms with Gasteiger partial charge in [0, 0.05) is 12.7 Å². The smallest absolute Gasteiger partial charge is 0.341 e. The minimum absolute atomic E-state index is 0.0150. The number of nitrogens with one attached hydrogen (secondary N) is 2.